The molecule has 1 aliphatic heterocycles. The van der Waals surface area contributed by atoms with Crippen LogP contribution >= 0.6 is 12.4 Å². The number of halogens is 1. The van der Waals surface area contributed by atoms with E-state index in [4.69, 9.17) is 4.74 Å². The number of allylic oxidation sites excluding steroid dienone is 1. The van der Waals surface area contributed by atoms with Gasteiger partial charge in [0, 0.05) is 29.9 Å². The van der Waals surface area contributed by atoms with E-state index in [1.807, 2.05) is 36.4 Å². The second kappa shape index (κ2) is 7.98. The molecule has 142 valence electrons. The molecule has 28 heavy (non-hydrogen) atoms. The number of carboxylic acids is 1. The normalized spacial score (nSPS) is 14.9. The maximum Gasteiger partial charge on any atom is 0.345 e. The number of carbonyl (C=O) groups excluding carboxylic acids is 1. The van der Waals surface area contributed by atoms with Crippen LogP contribution < -0.4 is 5.32 Å². The number of hydrogen-bond acceptors (Lipinski definition) is 5. The molecule has 0 atom stereocenters. The van der Waals surface area contributed by atoms with Crippen molar-refractivity contribution < 1.29 is 19.4 Å². The van der Waals surface area contributed by atoms with Crippen LogP contribution in [0.15, 0.2) is 72.1 Å². The summed E-state index contributed by atoms with van der Waals surface area (Å²) in [5, 5.41) is 13.1. The molecule has 7 nitrogen and oxygen atoms in total. The number of pyridine rings is 1. The number of aromatic nitrogens is 2. The van der Waals surface area contributed by atoms with Gasteiger partial charge in [-0.25, -0.2) is 9.78 Å². The average molecular weight is 398 g/mol. The molecule has 0 saturated heterocycles. The van der Waals surface area contributed by atoms with Crippen LogP contribution in [0.4, 0.5) is 0 Å². The van der Waals surface area contributed by atoms with Gasteiger partial charge >= 0.3 is 5.97 Å². The quantitative estimate of drug-likeness (QED) is 0.451. The number of carbonyl (C=O) groups is 2. The van der Waals surface area contributed by atoms with E-state index in [0.29, 0.717) is 17.8 Å². The first-order chi connectivity index (χ1) is 13.1. The summed E-state index contributed by atoms with van der Waals surface area (Å²) in [6.45, 7) is 0.338. The van der Waals surface area contributed by atoms with Crippen molar-refractivity contribution in [3.05, 3.63) is 83.2 Å². The lowest BCUT2D eigenvalue weighted by Crippen LogP contribution is -2.17. The Kier molecular flexibility index (Phi) is 5.47. The molecular weight excluding hydrogens is 382 g/mol. The minimum Gasteiger partial charge on any atom is -0.477 e. The van der Waals surface area contributed by atoms with Gasteiger partial charge in [-0.05, 0) is 23.8 Å². The molecule has 4 rings (SSSR count). The summed E-state index contributed by atoms with van der Waals surface area (Å²) in [6.07, 6.45) is 4.86. The van der Waals surface area contributed by atoms with Crippen molar-refractivity contribution in [2.24, 2.45) is 0 Å². The van der Waals surface area contributed by atoms with Gasteiger partial charge in [-0.15, -0.1) is 12.4 Å². The molecule has 0 radical (unpaired) electrons. The smallest absolute Gasteiger partial charge is 0.345 e. The highest BCUT2D eigenvalue weighted by atomic mass is 35.5. The number of Topliss-reactive ketones (excluding diaryl/α,β-unsaturated/α-hetero) is 1. The fourth-order valence-corrected chi connectivity index (χ4v) is 2.86. The van der Waals surface area contributed by atoms with Gasteiger partial charge < -0.3 is 20.1 Å². The van der Waals surface area contributed by atoms with Crippen LogP contribution in [0.5, 0.6) is 0 Å². The minimum atomic E-state index is -1.33. The third kappa shape index (κ3) is 3.60. The molecule has 1 aliphatic rings. The van der Waals surface area contributed by atoms with Gasteiger partial charge in [-0.3, -0.25) is 4.79 Å². The SMILES string of the molecule is Cl.O=C(O)C1=C(NCc2ccccc2)O/C(=C\c2c[nH]c3ncccc23)C1=O. The minimum absolute atomic E-state index is 0. The van der Waals surface area contributed by atoms with Gasteiger partial charge in [0.2, 0.25) is 11.7 Å². The van der Waals surface area contributed by atoms with Crippen molar-refractivity contribution in [2.45, 2.75) is 6.54 Å². The zero-order chi connectivity index (χ0) is 18.8. The molecule has 0 spiro atoms. The van der Waals surface area contributed by atoms with E-state index in [9.17, 15) is 14.7 Å². The van der Waals surface area contributed by atoms with Crippen LogP contribution in [-0.4, -0.2) is 26.8 Å². The molecule has 8 heteroatoms. The van der Waals surface area contributed by atoms with Crippen molar-refractivity contribution in [3.8, 4) is 0 Å². The fraction of sp³-hybridized carbons (Fsp3) is 0.0500. The first kappa shape index (κ1) is 19.2. The van der Waals surface area contributed by atoms with Gasteiger partial charge in [-0.2, -0.15) is 0 Å². The molecule has 0 bridgehead atoms. The number of hydrogen-bond donors (Lipinski definition) is 3. The van der Waals surface area contributed by atoms with Gasteiger partial charge in [0.05, 0.1) is 0 Å². The zero-order valence-electron chi connectivity index (χ0n) is 14.5. The highest BCUT2D eigenvalue weighted by Gasteiger charge is 2.35. The van der Waals surface area contributed by atoms with E-state index < -0.39 is 17.3 Å². The van der Waals surface area contributed by atoms with Gasteiger partial charge in [-0.1, -0.05) is 30.3 Å². The number of H-pyrrole nitrogens is 1. The van der Waals surface area contributed by atoms with Gasteiger partial charge in [0.15, 0.2) is 11.3 Å². The third-order valence-electron chi connectivity index (χ3n) is 4.17. The Morgan fingerprint density at radius 3 is 2.75 bits per heavy atom. The summed E-state index contributed by atoms with van der Waals surface area (Å²) in [5.41, 5.74) is 1.89. The van der Waals surface area contributed by atoms with Crippen molar-refractivity contribution in [2.75, 3.05) is 0 Å². The van der Waals surface area contributed by atoms with Crippen LogP contribution in [0, 0.1) is 0 Å². The second-order valence-corrected chi connectivity index (χ2v) is 5.93. The predicted octanol–water partition coefficient (Wildman–Crippen LogP) is 3.01. The Morgan fingerprint density at radius 2 is 2.00 bits per heavy atom. The zero-order valence-corrected chi connectivity index (χ0v) is 15.3. The Morgan fingerprint density at radius 1 is 1.21 bits per heavy atom. The van der Waals surface area contributed by atoms with E-state index in [1.54, 1.807) is 18.5 Å². The molecular formula is C20H16ClN3O4. The molecule has 3 N–H and O–H groups in total. The van der Waals surface area contributed by atoms with Crippen molar-refractivity contribution in [1.82, 2.24) is 15.3 Å². The Balaban J connectivity index is 0.00000225. The maximum absolute atomic E-state index is 12.5. The molecule has 2 aromatic heterocycles. The number of nitrogens with one attached hydrogen (secondary N) is 2. The maximum atomic E-state index is 12.5. The number of fused-ring (bicyclic) bond motifs is 1. The fourth-order valence-electron chi connectivity index (χ4n) is 2.86. The summed E-state index contributed by atoms with van der Waals surface area (Å²) >= 11 is 0. The number of aromatic amines is 1. The number of ketones is 1. The van der Waals surface area contributed by atoms with E-state index >= 15 is 0 Å². The summed E-state index contributed by atoms with van der Waals surface area (Å²) in [5.74, 6) is -2.11. The summed E-state index contributed by atoms with van der Waals surface area (Å²) < 4.78 is 5.56. The number of ether oxygens (including phenoxy) is 1. The predicted molar refractivity (Wildman–Crippen MR) is 105 cm³/mol. The number of rotatable bonds is 5. The van der Waals surface area contributed by atoms with Crippen LogP contribution in [0.2, 0.25) is 0 Å². The lowest BCUT2D eigenvalue weighted by molar-refractivity contribution is -0.134. The lowest BCUT2D eigenvalue weighted by atomic mass is 10.1. The number of nitrogens with zero attached hydrogens (tertiary/aromatic N) is 1. The standard InChI is InChI=1S/C20H15N3O4.ClH/c24-17-15(9-13-11-22-18-14(13)7-4-8-21-18)27-19(16(17)20(25)26)23-10-12-5-2-1-3-6-12;/h1-9,11,23H,10H2,(H,21,22)(H,25,26);1H/b15-9-;. The Bertz CT molecular complexity index is 1100. The molecule has 0 saturated carbocycles. The van der Waals surface area contributed by atoms with Crippen LogP contribution in [0.25, 0.3) is 17.1 Å². The van der Waals surface area contributed by atoms with Gasteiger partial charge in [0.1, 0.15) is 5.65 Å². The molecule has 3 heterocycles. The largest absolute Gasteiger partial charge is 0.477 e. The molecule has 3 aromatic rings. The molecule has 0 amide bonds. The highest BCUT2D eigenvalue weighted by Crippen LogP contribution is 2.27. The van der Waals surface area contributed by atoms with E-state index in [-0.39, 0.29) is 24.0 Å². The Hall–Kier alpha value is -3.58. The first-order valence-electron chi connectivity index (χ1n) is 8.25. The summed E-state index contributed by atoms with van der Waals surface area (Å²) in [7, 11) is 0. The van der Waals surface area contributed by atoms with Crippen molar-refractivity contribution in [1.29, 1.82) is 0 Å². The number of benzene rings is 1. The lowest BCUT2D eigenvalue weighted by Gasteiger charge is -2.08. The van der Waals surface area contributed by atoms with E-state index in [1.165, 1.54) is 6.08 Å². The van der Waals surface area contributed by atoms with Crippen molar-refractivity contribution in [3.63, 3.8) is 0 Å². The molecule has 0 aliphatic carbocycles. The van der Waals surface area contributed by atoms with Gasteiger partial charge in [0.25, 0.3) is 0 Å². The van der Waals surface area contributed by atoms with Crippen LogP contribution in [-0.2, 0) is 20.9 Å². The number of carboxylic acid groups (broad SMARTS) is 1. The van der Waals surface area contributed by atoms with E-state index in [2.05, 4.69) is 15.3 Å². The monoisotopic (exact) mass is 397 g/mol. The molecule has 1 aromatic carbocycles. The summed E-state index contributed by atoms with van der Waals surface area (Å²) in [6, 6.07) is 13.0. The second-order valence-electron chi connectivity index (χ2n) is 5.93. The van der Waals surface area contributed by atoms with Crippen LogP contribution in [0.3, 0.4) is 0 Å². The third-order valence-corrected chi connectivity index (χ3v) is 4.17. The highest BCUT2D eigenvalue weighted by molar-refractivity contribution is 6.26. The summed E-state index contributed by atoms with van der Waals surface area (Å²) in [4.78, 5) is 31.3. The topological polar surface area (TPSA) is 104 Å². The van der Waals surface area contributed by atoms with Crippen molar-refractivity contribution >= 4 is 41.3 Å². The molecule has 0 fully saturated rings. The van der Waals surface area contributed by atoms with E-state index in [0.717, 1.165) is 10.9 Å². The van der Waals surface area contributed by atoms with Crippen LogP contribution in [0.1, 0.15) is 11.1 Å². The average Bonchev–Trinajstić information content (AvgIpc) is 3.22. The first-order valence-corrected chi connectivity index (χ1v) is 8.25. The number of aliphatic carboxylic acids is 1. The molecule has 0 unspecified atom stereocenters. The Labute approximate surface area is 166 Å².